The molecule has 168 valence electrons. The standard InChI is InChI=1S/C21H23N5O4S2/c1-3-26-18(28)16-17(23-20(32-16)25-10-4-5-11-25)24-21(26)31-12-15(27)22-14-8-6-13(7-9-14)19(29)30-2/h6-9H,3-5,10-12H2,1-2H3,(H,22,27). The zero-order valence-corrected chi connectivity index (χ0v) is 19.4. The molecule has 0 radical (unpaired) electrons. The van der Waals surface area contributed by atoms with Crippen molar-refractivity contribution in [3.05, 3.63) is 40.2 Å². The normalized spacial score (nSPS) is 13.5. The van der Waals surface area contributed by atoms with Crippen molar-refractivity contribution in [3.63, 3.8) is 0 Å². The molecule has 11 heteroatoms. The molecule has 9 nitrogen and oxygen atoms in total. The van der Waals surface area contributed by atoms with E-state index in [-0.39, 0.29) is 17.2 Å². The van der Waals surface area contributed by atoms with Crippen molar-refractivity contribution >= 4 is 56.1 Å². The highest BCUT2D eigenvalue weighted by molar-refractivity contribution is 7.99. The average molecular weight is 474 g/mol. The van der Waals surface area contributed by atoms with Crippen LogP contribution in [0.1, 0.15) is 30.1 Å². The van der Waals surface area contributed by atoms with E-state index < -0.39 is 5.97 Å². The van der Waals surface area contributed by atoms with Gasteiger partial charge in [-0.2, -0.15) is 4.98 Å². The minimum Gasteiger partial charge on any atom is -0.465 e. The molecular formula is C21H23N5O4S2. The largest absolute Gasteiger partial charge is 0.465 e. The Morgan fingerprint density at radius 2 is 1.91 bits per heavy atom. The quantitative estimate of drug-likeness (QED) is 0.317. The molecule has 0 atom stereocenters. The average Bonchev–Trinajstić information content (AvgIpc) is 3.48. The molecule has 4 rings (SSSR count). The molecule has 1 amide bonds. The molecule has 3 aromatic rings. The van der Waals surface area contributed by atoms with E-state index in [1.807, 2.05) is 6.92 Å². The second-order valence-corrected chi connectivity index (χ2v) is 9.11. The Morgan fingerprint density at radius 3 is 2.56 bits per heavy atom. The number of ether oxygens (including phenoxy) is 1. The molecule has 1 fully saturated rings. The summed E-state index contributed by atoms with van der Waals surface area (Å²) in [5.41, 5.74) is 1.28. The molecule has 1 aliphatic heterocycles. The van der Waals surface area contributed by atoms with Crippen LogP contribution < -0.4 is 15.8 Å². The highest BCUT2D eigenvalue weighted by Gasteiger charge is 2.21. The van der Waals surface area contributed by atoms with E-state index in [1.54, 1.807) is 28.8 Å². The highest BCUT2D eigenvalue weighted by Crippen LogP contribution is 2.29. The third-order valence-electron chi connectivity index (χ3n) is 5.08. The van der Waals surface area contributed by atoms with Crippen LogP contribution in [0.25, 0.3) is 10.3 Å². The maximum atomic E-state index is 13.0. The SMILES string of the molecule is CCn1c(SCC(=O)Nc2ccc(C(=O)OC)cc2)nc2nc(N3CCCC3)sc2c1=O. The first-order valence-electron chi connectivity index (χ1n) is 10.3. The Morgan fingerprint density at radius 1 is 1.19 bits per heavy atom. The van der Waals surface area contributed by atoms with Crippen molar-refractivity contribution in [3.8, 4) is 0 Å². The predicted octanol–water partition coefficient (Wildman–Crippen LogP) is 2.99. The van der Waals surface area contributed by atoms with Gasteiger partial charge in [0.15, 0.2) is 15.9 Å². The van der Waals surface area contributed by atoms with Gasteiger partial charge in [0.1, 0.15) is 4.70 Å². The van der Waals surface area contributed by atoms with Gasteiger partial charge in [-0.1, -0.05) is 23.1 Å². The molecule has 3 heterocycles. The number of esters is 1. The van der Waals surface area contributed by atoms with Gasteiger partial charge in [0.25, 0.3) is 5.56 Å². The van der Waals surface area contributed by atoms with Crippen LogP contribution in [0.3, 0.4) is 0 Å². The molecule has 0 aliphatic carbocycles. The van der Waals surface area contributed by atoms with Crippen molar-refractivity contribution in [2.75, 3.05) is 36.2 Å². The van der Waals surface area contributed by atoms with E-state index in [4.69, 9.17) is 0 Å². The fourth-order valence-electron chi connectivity index (χ4n) is 3.44. The maximum absolute atomic E-state index is 13.0. The Bertz CT molecular complexity index is 1200. The fourth-order valence-corrected chi connectivity index (χ4v) is 5.30. The minimum atomic E-state index is -0.438. The second-order valence-electron chi connectivity index (χ2n) is 7.19. The Kier molecular flexibility index (Phi) is 6.75. The van der Waals surface area contributed by atoms with Crippen molar-refractivity contribution in [1.82, 2.24) is 14.5 Å². The lowest BCUT2D eigenvalue weighted by Crippen LogP contribution is -2.23. The lowest BCUT2D eigenvalue weighted by Gasteiger charge is -2.11. The number of methoxy groups -OCH3 is 1. The van der Waals surface area contributed by atoms with Gasteiger partial charge in [-0.25, -0.2) is 9.78 Å². The van der Waals surface area contributed by atoms with Gasteiger partial charge in [-0.3, -0.25) is 14.2 Å². The molecule has 32 heavy (non-hydrogen) atoms. The predicted molar refractivity (Wildman–Crippen MR) is 126 cm³/mol. The van der Waals surface area contributed by atoms with Gasteiger partial charge >= 0.3 is 5.97 Å². The highest BCUT2D eigenvalue weighted by atomic mass is 32.2. The number of thioether (sulfide) groups is 1. The number of carbonyl (C=O) groups excluding carboxylic acids is 2. The summed E-state index contributed by atoms with van der Waals surface area (Å²) in [5.74, 6) is -0.596. The van der Waals surface area contributed by atoms with E-state index in [1.165, 1.54) is 30.2 Å². The molecule has 1 aromatic carbocycles. The molecule has 1 saturated heterocycles. The molecule has 1 aliphatic rings. The van der Waals surface area contributed by atoms with Crippen LogP contribution in [0, 0.1) is 0 Å². The van der Waals surface area contributed by atoms with Gasteiger partial charge in [0.05, 0.1) is 18.4 Å². The number of anilines is 2. The molecular weight excluding hydrogens is 450 g/mol. The van der Waals surface area contributed by atoms with Crippen molar-refractivity contribution in [1.29, 1.82) is 0 Å². The summed E-state index contributed by atoms with van der Waals surface area (Å²) in [4.78, 5) is 48.3. The second kappa shape index (κ2) is 9.70. The Hall–Kier alpha value is -2.92. The zero-order chi connectivity index (χ0) is 22.7. The van der Waals surface area contributed by atoms with E-state index in [9.17, 15) is 14.4 Å². The first-order chi connectivity index (χ1) is 15.5. The Balaban J connectivity index is 1.47. The molecule has 0 bridgehead atoms. The van der Waals surface area contributed by atoms with Crippen LogP contribution in [-0.2, 0) is 16.1 Å². The number of amides is 1. The number of hydrogen-bond acceptors (Lipinski definition) is 9. The van der Waals surface area contributed by atoms with Crippen molar-refractivity contribution < 1.29 is 14.3 Å². The van der Waals surface area contributed by atoms with Crippen LogP contribution in [0.5, 0.6) is 0 Å². The molecule has 0 spiro atoms. The Labute approximate surface area is 192 Å². The van der Waals surface area contributed by atoms with Crippen LogP contribution in [0.15, 0.2) is 34.2 Å². The van der Waals surface area contributed by atoms with Crippen LogP contribution in [0.4, 0.5) is 10.8 Å². The number of carbonyl (C=O) groups is 2. The summed E-state index contributed by atoms with van der Waals surface area (Å²) in [6.07, 6.45) is 2.26. The third-order valence-corrected chi connectivity index (χ3v) is 7.15. The summed E-state index contributed by atoms with van der Waals surface area (Å²) in [5, 5.41) is 4.08. The monoisotopic (exact) mass is 473 g/mol. The number of aromatic nitrogens is 3. The van der Waals surface area contributed by atoms with Gasteiger partial charge in [-0.05, 0) is 44.0 Å². The van der Waals surface area contributed by atoms with Gasteiger partial charge in [0.2, 0.25) is 5.91 Å². The molecule has 0 unspecified atom stereocenters. The first-order valence-corrected chi connectivity index (χ1v) is 12.1. The van der Waals surface area contributed by atoms with Crippen LogP contribution >= 0.6 is 23.1 Å². The van der Waals surface area contributed by atoms with Gasteiger partial charge in [0, 0.05) is 25.3 Å². The topological polar surface area (TPSA) is 106 Å². The van der Waals surface area contributed by atoms with Gasteiger partial charge in [-0.15, -0.1) is 0 Å². The summed E-state index contributed by atoms with van der Waals surface area (Å²) in [7, 11) is 1.31. The van der Waals surface area contributed by atoms with E-state index in [0.29, 0.717) is 33.3 Å². The maximum Gasteiger partial charge on any atom is 0.337 e. The van der Waals surface area contributed by atoms with E-state index in [2.05, 4.69) is 24.9 Å². The van der Waals surface area contributed by atoms with Crippen LogP contribution in [-0.4, -0.2) is 52.4 Å². The summed E-state index contributed by atoms with van der Waals surface area (Å²) in [6.45, 7) is 4.23. The molecule has 2 aromatic heterocycles. The summed E-state index contributed by atoms with van der Waals surface area (Å²) >= 11 is 2.59. The fraction of sp³-hybridized carbons (Fsp3) is 0.381. The van der Waals surface area contributed by atoms with E-state index >= 15 is 0 Å². The third kappa shape index (κ3) is 4.63. The summed E-state index contributed by atoms with van der Waals surface area (Å²) < 4.78 is 6.80. The van der Waals surface area contributed by atoms with Gasteiger partial charge < -0.3 is 15.0 Å². The van der Waals surface area contributed by atoms with E-state index in [0.717, 1.165) is 31.1 Å². The number of rotatable bonds is 7. The van der Waals surface area contributed by atoms with Crippen molar-refractivity contribution in [2.24, 2.45) is 0 Å². The number of nitrogens with one attached hydrogen (secondary N) is 1. The lowest BCUT2D eigenvalue weighted by atomic mass is 10.2. The summed E-state index contributed by atoms with van der Waals surface area (Å²) in [6, 6.07) is 6.44. The van der Waals surface area contributed by atoms with Crippen molar-refractivity contribution in [2.45, 2.75) is 31.5 Å². The molecule has 0 saturated carbocycles. The molecule has 1 N–H and O–H groups in total. The number of benzene rings is 1. The lowest BCUT2D eigenvalue weighted by molar-refractivity contribution is -0.113. The number of hydrogen-bond donors (Lipinski definition) is 1. The zero-order valence-electron chi connectivity index (χ0n) is 17.8. The smallest absolute Gasteiger partial charge is 0.337 e. The number of thiazole rings is 1. The van der Waals surface area contributed by atoms with Crippen LogP contribution in [0.2, 0.25) is 0 Å². The minimum absolute atomic E-state index is 0.0832. The number of nitrogens with zero attached hydrogens (tertiary/aromatic N) is 4. The first kappa shape index (κ1) is 22.3. The number of fused-ring (bicyclic) bond motifs is 1.